The summed E-state index contributed by atoms with van der Waals surface area (Å²) in [6, 6.07) is 5.10. The fourth-order valence-electron chi connectivity index (χ4n) is 1.76. The van der Waals surface area contributed by atoms with Gasteiger partial charge in [0.25, 0.3) is 0 Å². The number of hydrogen-bond acceptors (Lipinski definition) is 2. The first-order chi connectivity index (χ1) is 8.88. The molecule has 1 atom stereocenters. The number of aliphatic hydroxyl groups is 1. The SMILES string of the molecule is CC(C)CC(O)CNC(=O)Cc1ccc(Cl)c(Cl)c1. The van der Waals surface area contributed by atoms with Crippen LogP contribution in [-0.2, 0) is 11.2 Å². The first-order valence-electron chi connectivity index (χ1n) is 6.27. The fourth-order valence-corrected chi connectivity index (χ4v) is 2.08. The molecule has 0 bridgehead atoms. The van der Waals surface area contributed by atoms with Crippen molar-refractivity contribution in [3.8, 4) is 0 Å². The maximum Gasteiger partial charge on any atom is 0.224 e. The van der Waals surface area contributed by atoms with Crippen LogP contribution in [0.5, 0.6) is 0 Å². The average Bonchev–Trinajstić information content (AvgIpc) is 2.30. The summed E-state index contributed by atoms with van der Waals surface area (Å²) in [6.07, 6.45) is 0.399. The third kappa shape index (κ3) is 6.28. The summed E-state index contributed by atoms with van der Waals surface area (Å²) in [5.74, 6) is 0.267. The van der Waals surface area contributed by atoms with Gasteiger partial charge in [0.05, 0.1) is 22.6 Å². The summed E-state index contributed by atoms with van der Waals surface area (Å²) in [7, 11) is 0. The zero-order valence-electron chi connectivity index (χ0n) is 11.1. The highest BCUT2D eigenvalue weighted by Gasteiger charge is 2.10. The molecule has 0 fully saturated rings. The number of halogens is 2. The first kappa shape index (κ1) is 16.3. The number of hydrogen-bond donors (Lipinski definition) is 2. The Morgan fingerprint density at radius 1 is 1.32 bits per heavy atom. The van der Waals surface area contributed by atoms with Crippen LogP contribution in [0.25, 0.3) is 0 Å². The standard InChI is InChI=1S/C14H19Cl2NO2/c1-9(2)5-11(18)8-17-14(19)7-10-3-4-12(15)13(16)6-10/h3-4,6,9,11,18H,5,7-8H2,1-2H3,(H,17,19). The molecule has 0 aliphatic heterocycles. The zero-order chi connectivity index (χ0) is 14.4. The maximum absolute atomic E-state index is 11.7. The minimum absolute atomic E-state index is 0.138. The molecule has 0 aromatic heterocycles. The third-order valence-corrected chi connectivity index (χ3v) is 3.37. The lowest BCUT2D eigenvalue weighted by Gasteiger charge is -2.13. The molecule has 3 nitrogen and oxygen atoms in total. The lowest BCUT2D eigenvalue weighted by Crippen LogP contribution is -2.33. The van der Waals surface area contributed by atoms with Crippen molar-refractivity contribution in [1.29, 1.82) is 0 Å². The Morgan fingerprint density at radius 3 is 2.58 bits per heavy atom. The molecular weight excluding hydrogens is 285 g/mol. The Bertz CT molecular complexity index is 435. The van der Waals surface area contributed by atoms with Crippen LogP contribution in [0, 0.1) is 5.92 Å². The Labute approximate surface area is 123 Å². The van der Waals surface area contributed by atoms with Crippen LogP contribution in [0.2, 0.25) is 10.0 Å². The first-order valence-corrected chi connectivity index (χ1v) is 7.02. The van der Waals surface area contributed by atoms with E-state index in [9.17, 15) is 9.90 Å². The van der Waals surface area contributed by atoms with E-state index in [0.717, 1.165) is 5.56 Å². The summed E-state index contributed by atoms with van der Waals surface area (Å²) < 4.78 is 0. The van der Waals surface area contributed by atoms with E-state index in [1.807, 2.05) is 13.8 Å². The van der Waals surface area contributed by atoms with E-state index in [1.165, 1.54) is 0 Å². The van der Waals surface area contributed by atoms with Gasteiger partial charge in [-0.2, -0.15) is 0 Å². The van der Waals surface area contributed by atoms with Crippen LogP contribution in [0.1, 0.15) is 25.8 Å². The second-order valence-electron chi connectivity index (χ2n) is 5.01. The minimum atomic E-state index is -0.502. The van der Waals surface area contributed by atoms with Crippen molar-refractivity contribution < 1.29 is 9.90 Å². The summed E-state index contributed by atoms with van der Waals surface area (Å²) in [5.41, 5.74) is 0.797. The van der Waals surface area contributed by atoms with E-state index in [0.29, 0.717) is 22.4 Å². The Hall–Kier alpha value is -0.770. The lowest BCUT2D eigenvalue weighted by atomic mass is 10.1. The molecule has 1 amide bonds. The van der Waals surface area contributed by atoms with Gasteiger partial charge in [0.1, 0.15) is 0 Å². The van der Waals surface area contributed by atoms with E-state index < -0.39 is 6.10 Å². The molecule has 106 valence electrons. The predicted octanol–water partition coefficient (Wildman–Crippen LogP) is 3.06. The minimum Gasteiger partial charge on any atom is -0.391 e. The largest absolute Gasteiger partial charge is 0.391 e. The molecule has 0 radical (unpaired) electrons. The Balaban J connectivity index is 2.40. The van der Waals surface area contributed by atoms with E-state index in [2.05, 4.69) is 5.32 Å². The van der Waals surface area contributed by atoms with Gasteiger partial charge in [-0.3, -0.25) is 4.79 Å². The third-order valence-electron chi connectivity index (χ3n) is 2.63. The predicted molar refractivity (Wildman–Crippen MR) is 78.6 cm³/mol. The topological polar surface area (TPSA) is 49.3 Å². The molecule has 0 saturated heterocycles. The van der Waals surface area contributed by atoms with Gasteiger partial charge in [0.2, 0.25) is 5.91 Å². The molecule has 1 unspecified atom stereocenters. The number of nitrogens with one attached hydrogen (secondary N) is 1. The number of amides is 1. The number of benzene rings is 1. The highest BCUT2D eigenvalue weighted by Crippen LogP contribution is 2.22. The highest BCUT2D eigenvalue weighted by atomic mass is 35.5. The molecule has 0 heterocycles. The second-order valence-corrected chi connectivity index (χ2v) is 5.83. The van der Waals surface area contributed by atoms with E-state index in [-0.39, 0.29) is 18.9 Å². The van der Waals surface area contributed by atoms with Crippen LogP contribution in [0.4, 0.5) is 0 Å². The molecule has 1 aromatic rings. The molecule has 2 N–H and O–H groups in total. The summed E-state index contributed by atoms with van der Waals surface area (Å²) >= 11 is 11.7. The van der Waals surface area contributed by atoms with Crippen LogP contribution in [-0.4, -0.2) is 23.7 Å². The Morgan fingerprint density at radius 2 is 2.00 bits per heavy atom. The number of carbonyl (C=O) groups is 1. The summed E-state index contributed by atoms with van der Waals surface area (Å²) in [4.78, 5) is 11.7. The van der Waals surface area contributed by atoms with Crippen molar-refractivity contribution in [3.63, 3.8) is 0 Å². The van der Waals surface area contributed by atoms with Gasteiger partial charge in [-0.1, -0.05) is 43.1 Å². The number of carbonyl (C=O) groups excluding carboxylic acids is 1. The van der Waals surface area contributed by atoms with Crippen molar-refractivity contribution in [2.24, 2.45) is 5.92 Å². The molecule has 0 aliphatic carbocycles. The molecule has 0 spiro atoms. The molecule has 19 heavy (non-hydrogen) atoms. The maximum atomic E-state index is 11.7. The van der Waals surface area contributed by atoms with Crippen molar-refractivity contribution >= 4 is 29.1 Å². The molecule has 0 aliphatic rings. The smallest absolute Gasteiger partial charge is 0.224 e. The average molecular weight is 304 g/mol. The van der Waals surface area contributed by atoms with Crippen LogP contribution in [0.3, 0.4) is 0 Å². The van der Waals surface area contributed by atoms with Crippen molar-refractivity contribution in [3.05, 3.63) is 33.8 Å². The summed E-state index contributed by atoms with van der Waals surface area (Å²) in [6.45, 7) is 4.33. The van der Waals surface area contributed by atoms with Crippen molar-refractivity contribution in [1.82, 2.24) is 5.32 Å². The quantitative estimate of drug-likeness (QED) is 0.848. The van der Waals surface area contributed by atoms with Gasteiger partial charge >= 0.3 is 0 Å². The number of aliphatic hydroxyl groups excluding tert-OH is 1. The van der Waals surface area contributed by atoms with E-state index in [4.69, 9.17) is 23.2 Å². The van der Waals surface area contributed by atoms with E-state index in [1.54, 1.807) is 18.2 Å². The number of rotatable bonds is 6. The molecular formula is C14H19Cl2NO2. The lowest BCUT2D eigenvalue weighted by molar-refractivity contribution is -0.120. The summed E-state index contributed by atoms with van der Waals surface area (Å²) in [5, 5.41) is 13.3. The van der Waals surface area contributed by atoms with Crippen molar-refractivity contribution in [2.75, 3.05) is 6.54 Å². The van der Waals surface area contributed by atoms with Gasteiger partial charge in [-0.05, 0) is 30.0 Å². The van der Waals surface area contributed by atoms with Gasteiger partial charge in [-0.15, -0.1) is 0 Å². The molecule has 0 saturated carbocycles. The monoisotopic (exact) mass is 303 g/mol. The second kappa shape index (κ2) is 7.73. The van der Waals surface area contributed by atoms with Crippen LogP contribution >= 0.6 is 23.2 Å². The van der Waals surface area contributed by atoms with Crippen molar-refractivity contribution in [2.45, 2.75) is 32.8 Å². The van der Waals surface area contributed by atoms with Gasteiger partial charge in [-0.25, -0.2) is 0 Å². The van der Waals surface area contributed by atoms with E-state index >= 15 is 0 Å². The van der Waals surface area contributed by atoms with Crippen LogP contribution < -0.4 is 5.32 Å². The Kier molecular flexibility index (Phi) is 6.63. The normalized spacial score (nSPS) is 12.5. The fraction of sp³-hybridized carbons (Fsp3) is 0.500. The van der Waals surface area contributed by atoms with Crippen LogP contribution in [0.15, 0.2) is 18.2 Å². The zero-order valence-corrected chi connectivity index (χ0v) is 12.6. The van der Waals surface area contributed by atoms with Gasteiger partial charge in [0, 0.05) is 6.54 Å². The molecule has 5 heteroatoms. The van der Waals surface area contributed by atoms with Gasteiger partial charge in [0.15, 0.2) is 0 Å². The van der Waals surface area contributed by atoms with Gasteiger partial charge < -0.3 is 10.4 Å². The molecule has 1 rings (SSSR count). The molecule has 1 aromatic carbocycles. The highest BCUT2D eigenvalue weighted by molar-refractivity contribution is 6.42.